The Balaban J connectivity index is 1.64. The predicted molar refractivity (Wildman–Crippen MR) is 91.6 cm³/mol. The lowest BCUT2D eigenvalue weighted by atomic mass is 10.2. The van der Waals surface area contributed by atoms with Crippen LogP contribution in [0.15, 0.2) is 42.5 Å². The van der Waals surface area contributed by atoms with Crippen molar-refractivity contribution in [1.82, 2.24) is 10.3 Å². The number of pyridine rings is 1. The van der Waals surface area contributed by atoms with E-state index in [0.717, 1.165) is 17.1 Å². The topological polar surface area (TPSA) is 97.2 Å². The van der Waals surface area contributed by atoms with Crippen molar-refractivity contribution in [2.24, 2.45) is 0 Å². The molecular formula is C17H20N4O3. The molecule has 0 radical (unpaired) electrons. The monoisotopic (exact) mass is 328 g/mol. The zero-order valence-electron chi connectivity index (χ0n) is 13.5. The lowest BCUT2D eigenvalue weighted by molar-refractivity contribution is -0.384. The summed E-state index contributed by atoms with van der Waals surface area (Å²) < 4.78 is 0. The van der Waals surface area contributed by atoms with Crippen LogP contribution in [0.3, 0.4) is 0 Å². The molecular weight excluding hydrogens is 308 g/mol. The van der Waals surface area contributed by atoms with Gasteiger partial charge in [-0.1, -0.05) is 6.07 Å². The number of carbonyl (C=O) groups is 1. The van der Waals surface area contributed by atoms with Crippen LogP contribution in [0.5, 0.6) is 0 Å². The number of carbonyl (C=O) groups excluding carboxylic acids is 1. The lowest BCUT2D eigenvalue weighted by Gasteiger charge is -2.07. The summed E-state index contributed by atoms with van der Waals surface area (Å²) in [5.41, 5.74) is 2.62. The number of rotatable bonds is 8. The first-order chi connectivity index (χ1) is 11.5. The summed E-state index contributed by atoms with van der Waals surface area (Å²) in [5, 5.41) is 16.5. The van der Waals surface area contributed by atoms with E-state index in [4.69, 9.17) is 0 Å². The van der Waals surface area contributed by atoms with E-state index < -0.39 is 4.92 Å². The van der Waals surface area contributed by atoms with Crippen molar-refractivity contribution in [2.45, 2.75) is 26.3 Å². The molecule has 2 N–H and O–H groups in total. The average Bonchev–Trinajstić information content (AvgIpc) is 2.57. The number of non-ortho nitro benzene ring substituents is 1. The molecule has 1 amide bonds. The molecule has 0 spiro atoms. The van der Waals surface area contributed by atoms with Gasteiger partial charge in [-0.15, -0.1) is 0 Å². The number of hydrogen-bond acceptors (Lipinski definition) is 5. The molecule has 0 aliphatic carbocycles. The maximum Gasteiger partial charge on any atom is 0.269 e. The smallest absolute Gasteiger partial charge is 0.269 e. The van der Waals surface area contributed by atoms with Crippen LogP contribution in [-0.4, -0.2) is 22.4 Å². The molecule has 0 bridgehead atoms. The molecule has 2 rings (SSSR count). The van der Waals surface area contributed by atoms with Crippen LogP contribution in [0.4, 0.5) is 11.4 Å². The minimum absolute atomic E-state index is 0.0243. The predicted octanol–water partition coefficient (Wildman–Crippen LogP) is 2.81. The number of anilines is 1. The highest BCUT2D eigenvalue weighted by Gasteiger charge is 2.04. The minimum atomic E-state index is -0.433. The Morgan fingerprint density at radius 2 is 1.96 bits per heavy atom. The molecule has 126 valence electrons. The van der Waals surface area contributed by atoms with Gasteiger partial charge in [0, 0.05) is 36.5 Å². The van der Waals surface area contributed by atoms with E-state index in [0.29, 0.717) is 25.9 Å². The second kappa shape index (κ2) is 8.61. The Hall–Kier alpha value is -2.96. The first-order valence-corrected chi connectivity index (χ1v) is 7.72. The average molecular weight is 328 g/mol. The van der Waals surface area contributed by atoms with Crippen molar-refractivity contribution in [1.29, 1.82) is 0 Å². The van der Waals surface area contributed by atoms with Gasteiger partial charge < -0.3 is 10.6 Å². The molecule has 0 aliphatic rings. The van der Waals surface area contributed by atoms with Crippen molar-refractivity contribution in [2.75, 3.05) is 11.9 Å². The fourth-order valence-corrected chi connectivity index (χ4v) is 2.16. The van der Waals surface area contributed by atoms with Gasteiger partial charge in [0.15, 0.2) is 0 Å². The Morgan fingerprint density at radius 3 is 2.62 bits per heavy atom. The molecule has 0 unspecified atom stereocenters. The number of nitro groups is 1. The molecule has 0 saturated heterocycles. The zero-order chi connectivity index (χ0) is 17.4. The summed E-state index contributed by atoms with van der Waals surface area (Å²) in [6, 6.07) is 11.9. The number of nitrogens with one attached hydrogen (secondary N) is 2. The highest BCUT2D eigenvalue weighted by Crippen LogP contribution is 2.15. The molecule has 1 heterocycles. The van der Waals surface area contributed by atoms with Gasteiger partial charge in [0.2, 0.25) is 5.91 Å². The SMILES string of the molecule is Cc1cccc(CNC(=O)CCCNc2ccc([N+](=O)[O-])cc2)n1. The van der Waals surface area contributed by atoms with Crippen molar-refractivity contribution in [3.05, 3.63) is 64.0 Å². The fraction of sp³-hybridized carbons (Fsp3) is 0.294. The van der Waals surface area contributed by atoms with E-state index in [-0.39, 0.29) is 11.6 Å². The van der Waals surface area contributed by atoms with Crippen LogP contribution in [-0.2, 0) is 11.3 Å². The van der Waals surface area contributed by atoms with Crippen molar-refractivity contribution < 1.29 is 9.72 Å². The molecule has 1 aromatic carbocycles. The zero-order valence-corrected chi connectivity index (χ0v) is 13.5. The van der Waals surface area contributed by atoms with Gasteiger partial charge in [-0.3, -0.25) is 19.9 Å². The summed E-state index contributed by atoms with van der Waals surface area (Å²) in [4.78, 5) is 26.2. The van der Waals surface area contributed by atoms with Crippen LogP contribution >= 0.6 is 0 Å². The van der Waals surface area contributed by atoms with Crippen molar-refractivity contribution in [3.8, 4) is 0 Å². The second-order valence-electron chi connectivity index (χ2n) is 5.38. The van der Waals surface area contributed by atoms with Crippen LogP contribution < -0.4 is 10.6 Å². The molecule has 0 aliphatic heterocycles. The normalized spacial score (nSPS) is 10.2. The summed E-state index contributed by atoms with van der Waals surface area (Å²) in [6.07, 6.45) is 1.08. The van der Waals surface area contributed by atoms with Gasteiger partial charge in [-0.05, 0) is 37.6 Å². The maximum atomic E-state index is 11.8. The lowest BCUT2D eigenvalue weighted by Crippen LogP contribution is -2.23. The van der Waals surface area contributed by atoms with Crippen molar-refractivity contribution >= 4 is 17.3 Å². The largest absolute Gasteiger partial charge is 0.385 e. The van der Waals surface area contributed by atoms with Crippen molar-refractivity contribution in [3.63, 3.8) is 0 Å². The van der Waals surface area contributed by atoms with Gasteiger partial charge >= 0.3 is 0 Å². The van der Waals surface area contributed by atoms with E-state index in [1.54, 1.807) is 12.1 Å². The summed E-state index contributed by atoms with van der Waals surface area (Å²) in [7, 11) is 0. The van der Waals surface area contributed by atoms with Crippen LogP contribution in [0.2, 0.25) is 0 Å². The number of hydrogen-bond donors (Lipinski definition) is 2. The number of nitrogens with zero attached hydrogens (tertiary/aromatic N) is 2. The quantitative estimate of drug-likeness (QED) is 0.441. The number of nitro benzene ring substituents is 1. The first-order valence-electron chi connectivity index (χ1n) is 7.72. The van der Waals surface area contributed by atoms with Crippen LogP contribution in [0.1, 0.15) is 24.2 Å². The molecule has 1 aromatic heterocycles. The highest BCUT2D eigenvalue weighted by molar-refractivity contribution is 5.75. The fourth-order valence-electron chi connectivity index (χ4n) is 2.16. The number of amides is 1. The molecule has 7 nitrogen and oxygen atoms in total. The van der Waals surface area contributed by atoms with Gasteiger partial charge in [-0.25, -0.2) is 0 Å². The molecule has 24 heavy (non-hydrogen) atoms. The van der Waals surface area contributed by atoms with E-state index in [2.05, 4.69) is 15.6 Å². The number of benzene rings is 1. The third-order valence-corrected chi connectivity index (χ3v) is 3.40. The minimum Gasteiger partial charge on any atom is -0.385 e. The number of aromatic nitrogens is 1. The molecule has 2 aromatic rings. The van der Waals surface area contributed by atoms with Crippen LogP contribution in [0, 0.1) is 17.0 Å². The van der Waals surface area contributed by atoms with E-state index in [9.17, 15) is 14.9 Å². The molecule has 0 saturated carbocycles. The number of aryl methyl sites for hydroxylation is 1. The summed E-state index contributed by atoms with van der Waals surface area (Å²) in [6.45, 7) is 2.96. The van der Waals surface area contributed by atoms with E-state index >= 15 is 0 Å². The van der Waals surface area contributed by atoms with Gasteiger partial charge in [0.25, 0.3) is 5.69 Å². The van der Waals surface area contributed by atoms with E-state index in [1.807, 2.05) is 25.1 Å². The standard InChI is InChI=1S/C17H20N4O3/c1-13-4-2-5-15(20-13)12-19-17(22)6-3-11-18-14-7-9-16(10-8-14)21(23)24/h2,4-5,7-10,18H,3,6,11-12H2,1H3,(H,19,22). The summed E-state index contributed by atoms with van der Waals surface area (Å²) >= 11 is 0. The third kappa shape index (κ3) is 5.68. The highest BCUT2D eigenvalue weighted by atomic mass is 16.6. The Bertz CT molecular complexity index is 701. The second-order valence-corrected chi connectivity index (χ2v) is 5.38. The first kappa shape index (κ1) is 17.4. The maximum absolute atomic E-state index is 11.8. The third-order valence-electron chi connectivity index (χ3n) is 3.40. The molecule has 0 atom stereocenters. The van der Waals surface area contributed by atoms with E-state index in [1.165, 1.54) is 12.1 Å². The molecule has 7 heteroatoms. The Labute approximate surface area is 140 Å². The van der Waals surface area contributed by atoms with Gasteiger partial charge in [0.1, 0.15) is 0 Å². The Morgan fingerprint density at radius 1 is 1.21 bits per heavy atom. The van der Waals surface area contributed by atoms with Gasteiger partial charge in [0.05, 0.1) is 17.2 Å². The molecule has 0 fully saturated rings. The van der Waals surface area contributed by atoms with Crippen LogP contribution in [0.25, 0.3) is 0 Å². The Kier molecular flexibility index (Phi) is 6.24. The van der Waals surface area contributed by atoms with Gasteiger partial charge in [-0.2, -0.15) is 0 Å². The summed E-state index contributed by atoms with van der Waals surface area (Å²) in [5.74, 6) is -0.0243.